The number of hydrogen-bond acceptors (Lipinski definition) is 6. The second kappa shape index (κ2) is 9.82. The normalized spacial score (nSPS) is 15.8. The smallest absolute Gasteiger partial charge is 0.234 e. The molecule has 0 spiro atoms. The number of carbonyl (C=O) groups excluding carboxylic acids is 2. The SMILES string of the molecule is CCCNC(=O)CN1CCN(C(=O)CCCc2nc(C(C)(C)C)no2)CC1. The van der Waals surface area contributed by atoms with Gasteiger partial charge in [-0.05, 0) is 12.8 Å². The largest absolute Gasteiger partial charge is 0.355 e. The van der Waals surface area contributed by atoms with Crippen LogP contribution in [-0.4, -0.2) is 71.0 Å². The Morgan fingerprint density at radius 3 is 2.48 bits per heavy atom. The van der Waals surface area contributed by atoms with Crippen molar-refractivity contribution in [1.29, 1.82) is 0 Å². The number of rotatable bonds is 8. The maximum absolute atomic E-state index is 12.4. The van der Waals surface area contributed by atoms with Crippen LogP contribution in [0.5, 0.6) is 0 Å². The van der Waals surface area contributed by atoms with Crippen LogP contribution >= 0.6 is 0 Å². The van der Waals surface area contributed by atoms with Crippen molar-refractivity contribution < 1.29 is 14.1 Å². The van der Waals surface area contributed by atoms with E-state index in [2.05, 4.69) is 20.4 Å². The molecule has 0 aliphatic carbocycles. The molecule has 0 radical (unpaired) electrons. The summed E-state index contributed by atoms with van der Waals surface area (Å²) < 4.78 is 5.27. The minimum Gasteiger partial charge on any atom is -0.355 e. The molecule has 0 atom stereocenters. The maximum atomic E-state index is 12.4. The summed E-state index contributed by atoms with van der Waals surface area (Å²) in [4.78, 5) is 32.5. The Morgan fingerprint density at radius 1 is 1.19 bits per heavy atom. The van der Waals surface area contributed by atoms with Crippen molar-refractivity contribution in [2.45, 2.75) is 58.8 Å². The third-order valence-electron chi connectivity index (χ3n) is 4.58. The fraction of sp³-hybridized carbons (Fsp3) is 0.789. The molecular formula is C19H33N5O3. The zero-order valence-electron chi connectivity index (χ0n) is 17.1. The third kappa shape index (κ3) is 6.93. The molecule has 1 aromatic rings. The summed E-state index contributed by atoms with van der Waals surface area (Å²) in [6.07, 6.45) is 2.73. The van der Waals surface area contributed by atoms with Crippen molar-refractivity contribution in [3.8, 4) is 0 Å². The number of aromatic nitrogens is 2. The van der Waals surface area contributed by atoms with Gasteiger partial charge in [0.2, 0.25) is 17.7 Å². The van der Waals surface area contributed by atoms with Crippen LogP contribution in [0.1, 0.15) is 58.7 Å². The zero-order chi connectivity index (χ0) is 19.9. The minimum atomic E-state index is -0.134. The van der Waals surface area contributed by atoms with Crippen molar-refractivity contribution in [1.82, 2.24) is 25.3 Å². The van der Waals surface area contributed by atoms with Gasteiger partial charge in [0.1, 0.15) is 0 Å². The molecule has 0 saturated carbocycles. The Morgan fingerprint density at radius 2 is 1.89 bits per heavy atom. The molecule has 0 aromatic carbocycles. The summed E-state index contributed by atoms with van der Waals surface area (Å²) in [6.45, 7) is 12.1. The van der Waals surface area contributed by atoms with Gasteiger partial charge in [0.25, 0.3) is 0 Å². The van der Waals surface area contributed by atoms with E-state index in [1.54, 1.807) is 0 Å². The number of piperazine rings is 1. The summed E-state index contributed by atoms with van der Waals surface area (Å²) in [6, 6.07) is 0. The summed E-state index contributed by atoms with van der Waals surface area (Å²) in [5.74, 6) is 1.50. The average molecular weight is 380 g/mol. The lowest BCUT2D eigenvalue weighted by Crippen LogP contribution is -2.51. The van der Waals surface area contributed by atoms with Crippen molar-refractivity contribution in [2.75, 3.05) is 39.3 Å². The van der Waals surface area contributed by atoms with E-state index in [0.29, 0.717) is 57.2 Å². The molecule has 2 amide bonds. The van der Waals surface area contributed by atoms with E-state index in [0.717, 1.165) is 19.5 Å². The molecule has 1 fully saturated rings. The molecule has 0 unspecified atom stereocenters. The average Bonchev–Trinajstić information content (AvgIpc) is 3.10. The standard InChI is InChI=1S/C19H33N5O3/c1-5-9-20-15(25)14-23-10-12-24(13-11-23)17(26)8-6-7-16-21-18(22-27-16)19(2,3)4/h5-14H2,1-4H3,(H,20,25). The molecule has 1 aliphatic heterocycles. The third-order valence-corrected chi connectivity index (χ3v) is 4.58. The van der Waals surface area contributed by atoms with Gasteiger partial charge in [-0.15, -0.1) is 0 Å². The number of amides is 2. The predicted octanol–water partition coefficient (Wildman–Crippen LogP) is 1.36. The Hall–Kier alpha value is -1.96. The van der Waals surface area contributed by atoms with E-state index in [1.807, 2.05) is 32.6 Å². The topological polar surface area (TPSA) is 91.6 Å². The van der Waals surface area contributed by atoms with Gasteiger partial charge >= 0.3 is 0 Å². The van der Waals surface area contributed by atoms with Crippen molar-refractivity contribution in [3.63, 3.8) is 0 Å². The van der Waals surface area contributed by atoms with Crippen molar-refractivity contribution in [3.05, 3.63) is 11.7 Å². The first-order valence-electron chi connectivity index (χ1n) is 9.89. The van der Waals surface area contributed by atoms with Crippen LogP contribution < -0.4 is 5.32 Å². The van der Waals surface area contributed by atoms with Crippen LogP contribution in [0.2, 0.25) is 0 Å². The van der Waals surface area contributed by atoms with Gasteiger partial charge in [0.05, 0.1) is 6.54 Å². The second-order valence-corrected chi connectivity index (χ2v) is 8.12. The number of nitrogens with zero attached hydrogens (tertiary/aromatic N) is 4. The molecule has 8 heteroatoms. The van der Waals surface area contributed by atoms with Crippen LogP contribution in [0, 0.1) is 0 Å². The summed E-state index contributed by atoms with van der Waals surface area (Å²) >= 11 is 0. The maximum Gasteiger partial charge on any atom is 0.234 e. The first-order valence-corrected chi connectivity index (χ1v) is 9.89. The number of nitrogens with one attached hydrogen (secondary N) is 1. The summed E-state index contributed by atoms with van der Waals surface area (Å²) in [7, 11) is 0. The molecule has 2 rings (SSSR count). The number of aryl methyl sites for hydroxylation is 1. The van der Waals surface area contributed by atoms with Gasteiger partial charge < -0.3 is 14.7 Å². The van der Waals surface area contributed by atoms with Crippen LogP contribution in [0.4, 0.5) is 0 Å². The monoisotopic (exact) mass is 379 g/mol. The van der Waals surface area contributed by atoms with Crippen LogP contribution in [0.3, 0.4) is 0 Å². The lowest BCUT2D eigenvalue weighted by molar-refractivity contribution is -0.133. The lowest BCUT2D eigenvalue weighted by Gasteiger charge is -2.34. The van der Waals surface area contributed by atoms with E-state index >= 15 is 0 Å². The van der Waals surface area contributed by atoms with E-state index < -0.39 is 0 Å². The fourth-order valence-electron chi connectivity index (χ4n) is 2.89. The fourth-order valence-corrected chi connectivity index (χ4v) is 2.89. The Bertz CT molecular complexity index is 615. The van der Waals surface area contributed by atoms with E-state index in [9.17, 15) is 9.59 Å². The van der Waals surface area contributed by atoms with E-state index in [4.69, 9.17) is 4.52 Å². The van der Waals surface area contributed by atoms with Gasteiger partial charge in [0, 0.05) is 51.0 Å². The zero-order valence-corrected chi connectivity index (χ0v) is 17.1. The quantitative estimate of drug-likeness (QED) is 0.733. The minimum absolute atomic E-state index is 0.0609. The van der Waals surface area contributed by atoms with Gasteiger partial charge in [-0.3, -0.25) is 14.5 Å². The molecule has 1 aliphatic rings. The molecule has 1 aromatic heterocycles. The Kier molecular flexibility index (Phi) is 7.77. The van der Waals surface area contributed by atoms with Crippen molar-refractivity contribution in [2.24, 2.45) is 0 Å². The van der Waals surface area contributed by atoms with Crippen LogP contribution in [-0.2, 0) is 21.4 Å². The molecule has 0 bridgehead atoms. The van der Waals surface area contributed by atoms with Gasteiger partial charge in [-0.1, -0.05) is 32.9 Å². The molecule has 8 nitrogen and oxygen atoms in total. The lowest BCUT2D eigenvalue weighted by atomic mass is 9.96. The highest BCUT2D eigenvalue weighted by Gasteiger charge is 2.23. The molecule has 2 heterocycles. The summed E-state index contributed by atoms with van der Waals surface area (Å²) in [5, 5.41) is 6.89. The van der Waals surface area contributed by atoms with Gasteiger partial charge in [0.15, 0.2) is 5.82 Å². The van der Waals surface area contributed by atoms with Gasteiger partial charge in [-0.25, -0.2) is 0 Å². The molecule has 1 saturated heterocycles. The molecule has 27 heavy (non-hydrogen) atoms. The van der Waals surface area contributed by atoms with Crippen LogP contribution in [0.25, 0.3) is 0 Å². The van der Waals surface area contributed by atoms with Crippen molar-refractivity contribution >= 4 is 11.8 Å². The highest BCUT2D eigenvalue weighted by Crippen LogP contribution is 2.19. The molecule has 1 N–H and O–H groups in total. The highest BCUT2D eigenvalue weighted by atomic mass is 16.5. The van der Waals surface area contributed by atoms with E-state index in [1.165, 1.54) is 0 Å². The number of hydrogen-bond donors (Lipinski definition) is 1. The first kappa shape index (κ1) is 21.3. The van der Waals surface area contributed by atoms with Gasteiger partial charge in [-0.2, -0.15) is 4.98 Å². The summed E-state index contributed by atoms with van der Waals surface area (Å²) in [5.41, 5.74) is -0.134. The molecule has 152 valence electrons. The number of carbonyl (C=O) groups is 2. The van der Waals surface area contributed by atoms with E-state index in [-0.39, 0.29) is 17.2 Å². The second-order valence-electron chi connectivity index (χ2n) is 8.12. The van der Waals surface area contributed by atoms with Crippen LogP contribution in [0.15, 0.2) is 4.52 Å². The Labute approximate surface area is 161 Å². The Balaban J connectivity index is 1.66. The predicted molar refractivity (Wildman–Crippen MR) is 102 cm³/mol. The first-order chi connectivity index (χ1) is 12.8. The molecular weight excluding hydrogens is 346 g/mol. The highest BCUT2D eigenvalue weighted by molar-refractivity contribution is 5.78.